The number of hydrogen-bond donors (Lipinski definition) is 2. The molecule has 2 N–H and O–H groups in total. The Morgan fingerprint density at radius 3 is 2.39 bits per heavy atom. The fourth-order valence-electron chi connectivity index (χ4n) is 2.72. The first-order valence-electron chi connectivity index (χ1n) is 8.75. The highest BCUT2D eigenvalue weighted by atomic mass is 32.1. The van der Waals surface area contributed by atoms with Crippen LogP contribution in [0.15, 0.2) is 47.8 Å². The van der Waals surface area contributed by atoms with Crippen LogP contribution in [0.2, 0.25) is 0 Å². The molecule has 6 nitrogen and oxygen atoms in total. The quantitative estimate of drug-likeness (QED) is 0.645. The van der Waals surface area contributed by atoms with Crippen molar-refractivity contribution in [2.75, 3.05) is 0 Å². The Hall–Kier alpha value is -3.19. The number of nitrogens with one attached hydrogen (secondary N) is 2. The van der Waals surface area contributed by atoms with Crippen molar-refractivity contribution in [1.29, 1.82) is 0 Å². The minimum atomic E-state index is -0.455. The summed E-state index contributed by atoms with van der Waals surface area (Å²) in [5.74, 6) is -0.406. The maximum Gasteiger partial charge on any atom is 0.273 e. The molecular weight excluding hydrogens is 374 g/mol. The summed E-state index contributed by atoms with van der Waals surface area (Å²) in [6, 6.07) is 12.4. The van der Waals surface area contributed by atoms with Gasteiger partial charge in [0.1, 0.15) is 12.4 Å². The van der Waals surface area contributed by atoms with Crippen LogP contribution in [0.1, 0.15) is 42.5 Å². The number of rotatable bonds is 5. The van der Waals surface area contributed by atoms with Gasteiger partial charge in [0.05, 0.1) is 16.3 Å². The summed E-state index contributed by atoms with van der Waals surface area (Å²) in [6.07, 6.45) is 0. The number of carbonyl (C=O) groups excluding carboxylic acids is 2. The maximum absolute atomic E-state index is 12.5. The number of aryl methyl sites for hydroxylation is 3. The predicted octanol–water partition coefficient (Wildman–Crippen LogP) is 3.72. The number of benzene rings is 2. The molecular formula is C21H21N3O3S. The number of nitrogens with zero attached hydrogens (tertiary/aromatic N) is 1. The SMILES string of the molecule is Cc1ccc(C(=O)NNC(=O)c2ccccc2OCc2csc(C)n2)c(C)c1. The molecule has 7 heteroatoms. The molecule has 3 rings (SSSR count). The van der Waals surface area contributed by atoms with E-state index in [1.54, 1.807) is 41.7 Å². The summed E-state index contributed by atoms with van der Waals surface area (Å²) in [6.45, 7) is 6.00. The average Bonchev–Trinajstić information content (AvgIpc) is 3.09. The lowest BCUT2D eigenvalue weighted by Crippen LogP contribution is -2.42. The van der Waals surface area contributed by atoms with Gasteiger partial charge >= 0.3 is 0 Å². The lowest BCUT2D eigenvalue weighted by Gasteiger charge is -2.12. The maximum atomic E-state index is 12.5. The van der Waals surface area contributed by atoms with E-state index in [1.165, 1.54) is 0 Å². The summed E-state index contributed by atoms with van der Waals surface area (Å²) >= 11 is 1.54. The fourth-order valence-corrected chi connectivity index (χ4v) is 3.32. The molecule has 2 aromatic carbocycles. The van der Waals surface area contributed by atoms with Gasteiger partial charge in [0.2, 0.25) is 0 Å². The average molecular weight is 395 g/mol. The van der Waals surface area contributed by atoms with Crippen LogP contribution in [-0.4, -0.2) is 16.8 Å². The lowest BCUT2D eigenvalue weighted by atomic mass is 10.1. The summed E-state index contributed by atoms with van der Waals surface area (Å²) in [5.41, 5.74) is 8.46. The van der Waals surface area contributed by atoms with E-state index in [-0.39, 0.29) is 12.5 Å². The Morgan fingerprint density at radius 2 is 1.71 bits per heavy atom. The molecule has 144 valence electrons. The van der Waals surface area contributed by atoms with Crippen LogP contribution in [0.5, 0.6) is 5.75 Å². The van der Waals surface area contributed by atoms with Gasteiger partial charge in [-0.05, 0) is 44.5 Å². The smallest absolute Gasteiger partial charge is 0.273 e. The predicted molar refractivity (Wildman–Crippen MR) is 108 cm³/mol. The summed E-state index contributed by atoms with van der Waals surface area (Å²) in [5, 5.41) is 2.88. The normalized spacial score (nSPS) is 10.4. The van der Waals surface area contributed by atoms with E-state index in [0.29, 0.717) is 16.9 Å². The monoisotopic (exact) mass is 395 g/mol. The second-order valence-corrected chi connectivity index (χ2v) is 7.43. The second kappa shape index (κ2) is 8.67. The zero-order valence-electron chi connectivity index (χ0n) is 15.9. The Kier molecular flexibility index (Phi) is 6.06. The summed E-state index contributed by atoms with van der Waals surface area (Å²) in [4.78, 5) is 29.2. The highest BCUT2D eigenvalue weighted by molar-refractivity contribution is 7.09. The van der Waals surface area contributed by atoms with Crippen LogP contribution in [0.4, 0.5) is 0 Å². The van der Waals surface area contributed by atoms with Crippen LogP contribution in [-0.2, 0) is 6.61 Å². The third-order valence-corrected chi connectivity index (χ3v) is 4.91. The van der Waals surface area contributed by atoms with Crippen molar-refractivity contribution in [2.45, 2.75) is 27.4 Å². The van der Waals surface area contributed by atoms with Crippen LogP contribution in [0.3, 0.4) is 0 Å². The van der Waals surface area contributed by atoms with E-state index < -0.39 is 5.91 Å². The highest BCUT2D eigenvalue weighted by Gasteiger charge is 2.15. The van der Waals surface area contributed by atoms with Gasteiger partial charge in [0.15, 0.2) is 0 Å². The highest BCUT2D eigenvalue weighted by Crippen LogP contribution is 2.20. The first kappa shape index (κ1) is 19.6. The van der Waals surface area contributed by atoms with Gasteiger partial charge in [-0.3, -0.25) is 20.4 Å². The second-order valence-electron chi connectivity index (χ2n) is 6.37. The topological polar surface area (TPSA) is 80.3 Å². The number of hydrazine groups is 1. The first-order chi connectivity index (χ1) is 13.4. The van der Waals surface area contributed by atoms with Gasteiger partial charge in [-0.15, -0.1) is 11.3 Å². The molecule has 0 bridgehead atoms. The standard InChI is InChI=1S/C21H21N3O3S/c1-13-8-9-17(14(2)10-13)20(25)23-24-21(26)18-6-4-5-7-19(18)27-11-16-12-28-15(3)22-16/h4-10,12H,11H2,1-3H3,(H,23,25)(H,24,26). The Labute approximate surface area is 167 Å². The molecule has 0 aliphatic heterocycles. The number of ether oxygens (including phenoxy) is 1. The Bertz CT molecular complexity index is 1010. The number of amides is 2. The van der Waals surface area contributed by atoms with Gasteiger partial charge in [0, 0.05) is 10.9 Å². The van der Waals surface area contributed by atoms with E-state index in [1.807, 2.05) is 38.3 Å². The van der Waals surface area contributed by atoms with Crippen LogP contribution in [0, 0.1) is 20.8 Å². The minimum Gasteiger partial charge on any atom is -0.486 e. The largest absolute Gasteiger partial charge is 0.486 e. The zero-order valence-corrected chi connectivity index (χ0v) is 16.7. The summed E-state index contributed by atoms with van der Waals surface area (Å²) < 4.78 is 5.75. The van der Waals surface area contributed by atoms with Crippen molar-refractivity contribution in [1.82, 2.24) is 15.8 Å². The third-order valence-electron chi connectivity index (χ3n) is 4.09. The molecule has 1 aromatic heterocycles. The number of hydrogen-bond acceptors (Lipinski definition) is 5. The number of para-hydroxylation sites is 1. The number of carbonyl (C=O) groups is 2. The molecule has 1 heterocycles. The van der Waals surface area contributed by atoms with E-state index in [2.05, 4.69) is 15.8 Å². The molecule has 2 amide bonds. The Morgan fingerprint density at radius 1 is 1.00 bits per heavy atom. The van der Waals surface area contributed by atoms with E-state index in [4.69, 9.17) is 4.74 Å². The molecule has 3 aromatic rings. The van der Waals surface area contributed by atoms with Crippen molar-refractivity contribution < 1.29 is 14.3 Å². The number of thiazole rings is 1. The van der Waals surface area contributed by atoms with Gasteiger partial charge in [0.25, 0.3) is 11.8 Å². The molecule has 0 radical (unpaired) electrons. The first-order valence-corrected chi connectivity index (χ1v) is 9.63. The molecule has 28 heavy (non-hydrogen) atoms. The van der Waals surface area contributed by atoms with Crippen molar-refractivity contribution >= 4 is 23.2 Å². The molecule has 0 aliphatic carbocycles. The van der Waals surface area contributed by atoms with Gasteiger partial charge in [-0.1, -0.05) is 29.8 Å². The molecule has 0 saturated heterocycles. The molecule has 0 saturated carbocycles. The lowest BCUT2D eigenvalue weighted by molar-refractivity contribution is 0.0843. The van der Waals surface area contributed by atoms with E-state index in [0.717, 1.165) is 21.8 Å². The van der Waals surface area contributed by atoms with Crippen molar-refractivity contribution in [2.24, 2.45) is 0 Å². The zero-order chi connectivity index (χ0) is 20.1. The van der Waals surface area contributed by atoms with Crippen molar-refractivity contribution in [3.8, 4) is 5.75 Å². The molecule has 0 spiro atoms. The molecule has 0 atom stereocenters. The van der Waals surface area contributed by atoms with Crippen molar-refractivity contribution in [3.63, 3.8) is 0 Å². The van der Waals surface area contributed by atoms with Crippen molar-refractivity contribution in [3.05, 3.63) is 80.8 Å². The van der Waals surface area contributed by atoms with Crippen LogP contribution < -0.4 is 15.6 Å². The van der Waals surface area contributed by atoms with E-state index in [9.17, 15) is 9.59 Å². The minimum absolute atomic E-state index is 0.267. The van der Waals surface area contributed by atoms with Crippen LogP contribution in [0.25, 0.3) is 0 Å². The van der Waals surface area contributed by atoms with Gasteiger partial charge in [-0.25, -0.2) is 4.98 Å². The molecule has 0 unspecified atom stereocenters. The third kappa shape index (κ3) is 4.75. The summed E-state index contributed by atoms with van der Waals surface area (Å²) in [7, 11) is 0. The Balaban J connectivity index is 1.64. The van der Waals surface area contributed by atoms with E-state index >= 15 is 0 Å². The van der Waals surface area contributed by atoms with Gasteiger partial charge < -0.3 is 4.74 Å². The fraction of sp³-hybridized carbons (Fsp3) is 0.190. The molecule has 0 fully saturated rings. The number of aromatic nitrogens is 1. The molecule has 0 aliphatic rings. The van der Waals surface area contributed by atoms with Gasteiger partial charge in [-0.2, -0.15) is 0 Å². The van der Waals surface area contributed by atoms with Crippen LogP contribution >= 0.6 is 11.3 Å².